The Bertz CT molecular complexity index is 1550. The standard InChI is InChI=1S/C22H18N4O4S/c1-13-20(22(28)26(25(13)2)14-7-4-3-5-8-14)24-31(29,30)18-12-11-17-19-15(18)9-6-10-16(19)21(27)23-17/h3-12,24H,1-2H3,(H,23,27). The number of sulfonamides is 1. The van der Waals surface area contributed by atoms with E-state index in [9.17, 15) is 18.0 Å². The van der Waals surface area contributed by atoms with E-state index >= 15 is 0 Å². The lowest BCUT2D eigenvalue weighted by Crippen LogP contribution is -2.23. The first-order chi connectivity index (χ1) is 14.8. The van der Waals surface area contributed by atoms with Gasteiger partial charge in [0.05, 0.1) is 16.3 Å². The van der Waals surface area contributed by atoms with Crippen LogP contribution in [0.1, 0.15) is 16.1 Å². The second-order valence-electron chi connectivity index (χ2n) is 7.34. The van der Waals surface area contributed by atoms with Gasteiger partial charge in [-0.05, 0) is 37.3 Å². The van der Waals surface area contributed by atoms with E-state index in [2.05, 4.69) is 10.0 Å². The molecular weight excluding hydrogens is 416 g/mol. The van der Waals surface area contributed by atoms with Crippen LogP contribution in [0, 0.1) is 6.92 Å². The molecule has 0 fully saturated rings. The summed E-state index contributed by atoms with van der Waals surface area (Å²) in [5, 5.41) is 3.71. The van der Waals surface area contributed by atoms with E-state index in [0.29, 0.717) is 33.4 Å². The van der Waals surface area contributed by atoms with Gasteiger partial charge in [0.15, 0.2) is 0 Å². The monoisotopic (exact) mass is 434 g/mol. The predicted octanol–water partition coefficient (Wildman–Crippen LogP) is 3.00. The molecule has 3 aromatic carbocycles. The van der Waals surface area contributed by atoms with Gasteiger partial charge in [-0.15, -0.1) is 0 Å². The van der Waals surface area contributed by atoms with Gasteiger partial charge in [0, 0.05) is 29.1 Å². The molecule has 0 spiro atoms. The summed E-state index contributed by atoms with van der Waals surface area (Å²) < 4.78 is 32.1. The highest BCUT2D eigenvalue weighted by atomic mass is 32.2. The van der Waals surface area contributed by atoms with Crippen LogP contribution in [0.5, 0.6) is 0 Å². The molecule has 0 bridgehead atoms. The Kier molecular flexibility index (Phi) is 4.06. The van der Waals surface area contributed by atoms with Crippen molar-refractivity contribution in [2.75, 3.05) is 10.0 Å². The Hall–Kier alpha value is -3.85. The number of amides is 1. The van der Waals surface area contributed by atoms with Gasteiger partial charge in [-0.2, -0.15) is 0 Å². The maximum absolute atomic E-state index is 13.3. The molecular formula is C22H18N4O4S. The minimum absolute atomic E-state index is 0.00138. The Morgan fingerprint density at radius 1 is 0.935 bits per heavy atom. The lowest BCUT2D eigenvalue weighted by atomic mass is 10.1. The molecule has 31 heavy (non-hydrogen) atoms. The van der Waals surface area contributed by atoms with Crippen LogP contribution in [0.4, 0.5) is 11.4 Å². The molecule has 0 radical (unpaired) electrons. The predicted molar refractivity (Wildman–Crippen MR) is 118 cm³/mol. The highest BCUT2D eigenvalue weighted by Crippen LogP contribution is 2.37. The molecule has 9 heteroatoms. The Morgan fingerprint density at radius 2 is 1.68 bits per heavy atom. The first-order valence-electron chi connectivity index (χ1n) is 9.53. The van der Waals surface area contributed by atoms with Crippen molar-refractivity contribution in [2.24, 2.45) is 7.05 Å². The largest absolute Gasteiger partial charge is 0.321 e. The maximum Gasteiger partial charge on any atom is 0.296 e. The first kappa shape index (κ1) is 19.1. The fourth-order valence-corrected chi connectivity index (χ4v) is 5.29. The van der Waals surface area contributed by atoms with E-state index < -0.39 is 15.6 Å². The molecule has 4 aromatic rings. The summed E-state index contributed by atoms with van der Waals surface area (Å²) in [4.78, 5) is 25.2. The van der Waals surface area contributed by atoms with E-state index in [4.69, 9.17) is 0 Å². The zero-order valence-electron chi connectivity index (χ0n) is 16.7. The average Bonchev–Trinajstić information content (AvgIpc) is 3.19. The van der Waals surface area contributed by atoms with Crippen molar-refractivity contribution < 1.29 is 13.2 Å². The van der Waals surface area contributed by atoms with E-state index in [1.807, 2.05) is 6.07 Å². The fraction of sp³-hybridized carbons (Fsp3) is 0.0909. The van der Waals surface area contributed by atoms with Gasteiger partial charge in [0.2, 0.25) is 0 Å². The Morgan fingerprint density at radius 3 is 2.42 bits per heavy atom. The second-order valence-corrected chi connectivity index (χ2v) is 8.99. The normalized spacial score (nSPS) is 12.9. The summed E-state index contributed by atoms with van der Waals surface area (Å²) in [6, 6.07) is 16.9. The summed E-state index contributed by atoms with van der Waals surface area (Å²) in [5.41, 5.74) is 1.59. The van der Waals surface area contributed by atoms with E-state index in [1.54, 1.807) is 67.2 Å². The molecule has 1 aliphatic rings. The van der Waals surface area contributed by atoms with Crippen LogP contribution in [0.15, 0.2) is 70.4 Å². The first-order valence-corrected chi connectivity index (χ1v) is 11.0. The fourth-order valence-electron chi connectivity index (χ4n) is 3.97. The summed E-state index contributed by atoms with van der Waals surface area (Å²) >= 11 is 0. The maximum atomic E-state index is 13.3. The molecule has 0 aliphatic carbocycles. The van der Waals surface area contributed by atoms with Gasteiger partial charge in [0.25, 0.3) is 21.5 Å². The smallest absolute Gasteiger partial charge is 0.296 e. The third-order valence-electron chi connectivity index (χ3n) is 5.57. The second kappa shape index (κ2) is 6.58. The number of hydrogen-bond acceptors (Lipinski definition) is 4. The van der Waals surface area contributed by atoms with E-state index in [1.165, 1.54) is 10.7 Å². The molecule has 2 heterocycles. The third kappa shape index (κ3) is 2.77. The molecule has 0 unspecified atom stereocenters. The number of nitrogens with one attached hydrogen (secondary N) is 2. The number of anilines is 2. The van der Waals surface area contributed by atoms with Gasteiger partial charge < -0.3 is 5.32 Å². The quantitative estimate of drug-likeness (QED) is 0.515. The van der Waals surface area contributed by atoms with Crippen molar-refractivity contribution in [1.82, 2.24) is 9.36 Å². The average molecular weight is 434 g/mol. The number of para-hydroxylation sites is 1. The van der Waals surface area contributed by atoms with Crippen molar-refractivity contribution in [3.63, 3.8) is 0 Å². The van der Waals surface area contributed by atoms with Gasteiger partial charge in [-0.1, -0.05) is 30.3 Å². The number of carbonyl (C=O) groups is 1. The van der Waals surface area contributed by atoms with Crippen molar-refractivity contribution in [2.45, 2.75) is 11.8 Å². The lowest BCUT2D eigenvalue weighted by molar-refractivity contribution is 0.103. The number of rotatable bonds is 4. The molecule has 8 nitrogen and oxygen atoms in total. The van der Waals surface area contributed by atoms with Crippen molar-refractivity contribution in [3.8, 4) is 5.69 Å². The highest BCUT2D eigenvalue weighted by Gasteiger charge is 2.28. The van der Waals surface area contributed by atoms with Crippen LogP contribution >= 0.6 is 0 Å². The van der Waals surface area contributed by atoms with Crippen molar-refractivity contribution in [1.29, 1.82) is 0 Å². The van der Waals surface area contributed by atoms with Crippen LogP contribution in [-0.4, -0.2) is 23.7 Å². The van der Waals surface area contributed by atoms with Gasteiger partial charge in [-0.25, -0.2) is 13.1 Å². The number of carbonyl (C=O) groups excluding carboxylic acids is 1. The number of aromatic nitrogens is 2. The number of nitrogens with zero attached hydrogens (tertiary/aromatic N) is 2. The van der Waals surface area contributed by atoms with E-state index in [0.717, 1.165) is 0 Å². The SMILES string of the molecule is Cc1c(NS(=O)(=O)c2ccc3c4c(cccc24)C(=O)N3)c(=O)n(-c2ccccc2)n1C. The van der Waals surface area contributed by atoms with Crippen LogP contribution < -0.4 is 15.6 Å². The van der Waals surface area contributed by atoms with Crippen LogP contribution in [0.3, 0.4) is 0 Å². The number of benzene rings is 3. The molecule has 0 atom stereocenters. The lowest BCUT2D eigenvalue weighted by Gasteiger charge is -2.10. The minimum Gasteiger partial charge on any atom is -0.321 e. The van der Waals surface area contributed by atoms with Gasteiger partial charge >= 0.3 is 0 Å². The minimum atomic E-state index is -4.11. The van der Waals surface area contributed by atoms with Crippen LogP contribution in [0.25, 0.3) is 16.5 Å². The molecule has 1 amide bonds. The van der Waals surface area contributed by atoms with Gasteiger partial charge in [-0.3, -0.25) is 19.0 Å². The molecule has 1 aromatic heterocycles. The summed E-state index contributed by atoms with van der Waals surface area (Å²) in [5.74, 6) is -0.271. The van der Waals surface area contributed by atoms with Crippen LogP contribution in [-0.2, 0) is 17.1 Å². The highest BCUT2D eigenvalue weighted by molar-refractivity contribution is 7.93. The summed E-state index contributed by atoms with van der Waals surface area (Å²) in [7, 11) is -2.42. The number of hydrogen-bond donors (Lipinski definition) is 2. The Balaban J connectivity index is 1.65. The zero-order chi connectivity index (χ0) is 21.9. The van der Waals surface area contributed by atoms with Crippen molar-refractivity contribution in [3.05, 3.63) is 82.3 Å². The van der Waals surface area contributed by atoms with Crippen LogP contribution in [0.2, 0.25) is 0 Å². The molecule has 0 saturated heterocycles. The molecule has 1 aliphatic heterocycles. The van der Waals surface area contributed by atoms with Crippen molar-refractivity contribution >= 4 is 38.1 Å². The van der Waals surface area contributed by atoms with Gasteiger partial charge in [0.1, 0.15) is 5.69 Å². The molecule has 2 N–H and O–H groups in total. The summed E-state index contributed by atoms with van der Waals surface area (Å²) in [6.07, 6.45) is 0. The Labute approximate surface area is 177 Å². The molecule has 0 saturated carbocycles. The third-order valence-corrected chi connectivity index (χ3v) is 6.98. The zero-order valence-corrected chi connectivity index (χ0v) is 17.5. The topological polar surface area (TPSA) is 102 Å². The van der Waals surface area contributed by atoms with E-state index in [-0.39, 0.29) is 16.5 Å². The summed E-state index contributed by atoms with van der Waals surface area (Å²) in [6.45, 7) is 1.68. The molecule has 5 rings (SSSR count). The molecule has 156 valence electrons.